The van der Waals surface area contributed by atoms with Gasteiger partial charge in [-0.2, -0.15) is 4.98 Å². The number of rotatable bonds is 6. The van der Waals surface area contributed by atoms with Crippen LogP contribution in [0.25, 0.3) is 11.1 Å². The van der Waals surface area contributed by atoms with Crippen LogP contribution in [0.2, 0.25) is 0 Å². The van der Waals surface area contributed by atoms with Gasteiger partial charge in [0.1, 0.15) is 5.52 Å². The third-order valence-electron chi connectivity index (χ3n) is 2.73. The highest BCUT2D eigenvalue weighted by Gasteiger charge is 2.12. The molecule has 0 aliphatic carbocycles. The number of benzene rings is 1. The molecule has 0 radical (unpaired) electrons. The Morgan fingerprint density at radius 1 is 1.53 bits per heavy atom. The number of carboxylic acid groups (broad SMARTS) is 1. The van der Waals surface area contributed by atoms with Crippen LogP contribution >= 0.6 is 0 Å². The van der Waals surface area contributed by atoms with Gasteiger partial charge in [0.05, 0.1) is 12.2 Å². The van der Waals surface area contributed by atoms with Gasteiger partial charge in [0.25, 0.3) is 6.01 Å². The Hall–Kier alpha value is -2.08. The number of hydrogen-bond donors (Lipinski definition) is 1. The van der Waals surface area contributed by atoms with Gasteiger partial charge in [-0.15, -0.1) is 0 Å². The molecule has 6 nitrogen and oxygen atoms in total. The first kappa shape index (κ1) is 13.4. The highest BCUT2D eigenvalue weighted by atomic mass is 16.5. The molecule has 1 aromatic carbocycles. The zero-order chi connectivity index (χ0) is 13.8. The molecule has 2 aromatic rings. The molecule has 0 atom stereocenters. The van der Waals surface area contributed by atoms with Gasteiger partial charge in [-0.3, -0.25) is 0 Å². The molecule has 0 unspecified atom stereocenters. The summed E-state index contributed by atoms with van der Waals surface area (Å²) in [4.78, 5) is 17.0. The van der Waals surface area contributed by atoms with E-state index in [4.69, 9.17) is 14.3 Å². The average Bonchev–Trinajstić information content (AvgIpc) is 2.81. The van der Waals surface area contributed by atoms with Crippen molar-refractivity contribution >= 4 is 23.1 Å². The van der Waals surface area contributed by atoms with Gasteiger partial charge in [0.2, 0.25) is 0 Å². The molecule has 1 heterocycles. The van der Waals surface area contributed by atoms with E-state index < -0.39 is 5.97 Å². The van der Waals surface area contributed by atoms with Crippen molar-refractivity contribution in [3.05, 3.63) is 23.8 Å². The predicted octanol–water partition coefficient (Wildman–Crippen LogP) is 2.00. The number of nitrogens with zero attached hydrogens (tertiary/aromatic N) is 2. The van der Waals surface area contributed by atoms with Crippen molar-refractivity contribution in [1.82, 2.24) is 4.98 Å². The number of hydrogen-bond acceptors (Lipinski definition) is 5. The average molecular weight is 264 g/mol. The van der Waals surface area contributed by atoms with Crippen molar-refractivity contribution in [2.24, 2.45) is 0 Å². The fourth-order valence-corrected chi connectivity index (χ4v) is 1.65. The second-order valence-electron chi connectivity index (χ2n) is 4.10. The summed E-state index contributed by atoms with van der Waals surface area (Å²) < 4.78 is 10.8. The Labute approximate surface area is 110 Å². The first-order chi connectivity index (χ1) is 9.11. The van der Waals surface area contributed by atoms with E-state index in [9.17, 15) is 4.79 Å². The van der Waals surface area contributed by atoms with Gasteiger partial charge < -0.3 is 19.2 Å². The number of aromatic carboxylic acids is 1. The number of likely N-dealkylation sites (N-methyl/N-ethyl adjacent to an activating group) is 1. The summed E-state index contributed by atoms with van der Waals surface area (Å²) in [6, 6.07) is 5.08. The maximum Gasteiger partial charge on any atom is 0.335 e. The third-order valence-corrected chi connectivity index (χ3v) is 2.73. The fourth-order valence-electron chi connectivity index (χ4n) is 1.65. The summed E-state index contributed by atoms with van der Waals surface area (Å²) in [5.74, 6) is -0.982. The zero-order valence-electron chi connectivity index (χ0n) is 10.9. The van der Waals surface area contributed by atoms with Gasteiger partial charge in [-0.1, -0.05) is 0 Å². The Balaban J connectivity index is 2.18. The fraction of sp³-hybridized carbons (Fsp3) is 0.385. The Kier molecular flexibility index (Phi) is 4.01. The summed E-state index contributed by atoms with van der Waals surface area (Å²) in [6.45, 7) is 3.86. The second kappa shape index (κ2) is 5.71. The number of carboxylic acids is 1. The lowest BCUT2D eigenvalue weighted by atomic mass is 10.2. The largest absolute Gasteiger partial charge is 0.478 e. The summed E-state index contributed by atoms with van der Waals surface area (Å²) in [5, 5.41) is 8.91. The van der Waals surface area contributed by atoms with Crippen LogP contribution in [0.15, 0.2) is 22.6 Å². The van der Waals surface area contributed by atoms with E-state index in [1.165, 1.54) is 12.1 Å². The van der Waals surface area contributed by atoms with Gasteiger partial charge >= 0.3 is 5.97 Å². The summed E-state index contributed by atoms with van der Waals surface area (Å²) in [5.41, 5.74) is 1.30. The molecule has 0 saturated heterocycles. The molecule has 0 fully saturated rings. The zero-order valence-corrected chi connectivity index (χ0v) is 10.9. The summed E-state index contributed by atoms with van der Waals surface area (Å²) >= 11 is 0. The van der Waals surface area contributed by atoms with Crippen LogP contribution in [0.4, 0.5) is 6.01 Å². The Morgan fingerprint density at radius 3 is 3.00 bits per heavy atom. The van der Waals surface area contributed by atoms with Crippen molar-refractivity contribution in [2.45, 2.75) is 6.92 Å². The molecular weight excluding hydrogens is 248 g/mol. The molecule has 0 amide bonds. The molecule has 1 aromatic heterocycles. The molecule has 0 spiro atoms. The Bertz CT molecular complexity index is 579. The van der Waals surface area contributed by atoms with Crippen molar-refractivity contribution < 1.29 is 19.1 Å². The van der Waals surface area contributed by atoms with Crippen LogP contribution in [0.5, 0.6) is 0 Å². The van der Waals surface area contributed by atoms with Crippen molar-refractivity contribution in [1.29, 1.82) is 0 Å². The van der Waals surface area contributed by atoms with Gasteiger partial charge in [-0.25, -0.2) is 4.79 Å². The lowest BCUT2D eigenvalue weighted by molar-refractivity contribution is 0.0697. The minimum atomic E-state index is -0.982. The number of fused-ring (bicyclic) bond motifs is 1. The summed E-state index contributed by atoms with van der Waals surface area (Å²) in [7, 11) is 1.85. The lowest BCUT2D eigenvalue weighted by Crippen LogP contribution is -2.22. The molecule has 0 bridgehead atoms. The smallest absolute Gasteiger partial charge is 0.335 e. The molecule has 102 valence electrons. The minimum Gasteiger partial charge on any atom is -0.478 e. The maximum absolute atomic E-state index is 10.9. The van der Waals surface area contributed by atoms with Crippen LogP contribution in [-0.2, 0) is 4.74 Å². The number of carbonyl (C=O) groups is 1. The lowest BCUT2D eigenvalue weighted by Gasteiger charge is -2.13. The maximum atomic E-state index is 10.9. The van der Waals surface area contributed by atoms with Crippen molar-refractivity contribution in [3.63, 3.8) is 0 Å². The molecule has 6 heteroatoms. The minimum absolute atomic E-state index is 0.187. The molecule has 0 aliphatic rings. The van der Waals surface area contributed by atoms with Gasteiger partial charge in [0.15, 0.2) is 5.58 Å². The van der Waals surface area contributed by atoms with E-state index >= 15 is 0 Å². The molecule has 0 aliphatic heterocycles. The van der Waals surface area contributed by atoms with Crippen molar-refractivity contribution in [3.8, 4) is 0 Å². The summed E-state index contributed by atoms with van der Waals surface area (Å²) in [6.07, 6.45) is 0. The quantitative estimate of drug-likeness (QED) is 0.804. The van der Waals surface area contributed by atoms with Crippen LogP contribution in [0, 0.1) is 0 Å². The van der Waals surface area contributed by atoms with E-state index in [-0.39, 0.29) is 5.56 Å². The van der Waals surface area contributed by atoms with E-state index in [1.807, 2.05) is 18.9 Å². The molecular formula is C13H16N2O4. The highest BCUT2D eigenvalue weighted by Crippen LogP contribution is 2.22. The van der Waals surface area contributed by atoms with Crippen LogP contribution in [0.3, 0.4) is 0 Å². The van der Waals surface area contributed by atoms with E-state index in [1.54, 1.807) is 6.07 Å². The SMILES string of the molecule is CCOCCN(C)c1nc2ccc(C(=O)O)cc2o1. The highest BCUT2D eigenvalue weighted by molar-refractivity contribution is 5.92. The van der Waals surface area contributed by atoms with Crippen LogP contribution in [0.1, 0.15) is 17.3 Å². The standard InChI is InChI=1S/C13H16N2O4/c1-3-18-7-6-15(2)13-14-10-5-4-9(12(16)17)8-11(10)19-13/h4-5,8H,3,6-7H2,1-2H3,(H,16,17). The first-order valence-electron chi connectivity index (χ1n) is 6.04. The van der Waals surface area contributed by atoms with E-state index in [0.29, 0.717) is 36.9 Å². The van der Waals surface area contributed by atoms with Gasteiger partial charge in [0, 0.05) is 20.2 Å². The number of aromatic nitrogens is 1. The van der Waals surface area contributed by atoms with Crippen LogP contribution in [-0.4, -0.2) is 42.9 Å². The number of ether oxygens (including phenoxy) is 1. The second-order valence-corrected chi connectivity index (χ2v) is 4.10. The van der Waals surface area contributed by atoms with Crippen molar-refractivity contribution in [2.75, 3.05) is 31.7 Å². The number of anilines is 1. The predicted molar refractivity (Wildman–Crippen MR) is 70.7 cm³/mol. The molecule has 0 saturated carbocycles. The Morgan fingerprint density at radius 2 is 2.32 bits per heavy atom. The molecule has 1 N–H and O–H groups in total. The monoisotopic (exact) mass is 264 g/mol. The normalized spacial score (nSPS) is 10.8. The number of oxazole rings is 1. The first-order valence-corrected chi connectivity index (χ1v) is 6.04. The topological polar surface area (TPSA) is 75.8 Å². The van der Waals surface area contributed by atoms with Gasteiger partial charge in [-0.05, 0) is 25.1 Å². The van der Waals surface area contributed by atoms with E-state index in [0.717, 1.165) is 0 Å². The molecule has 19 heavy (non-hydrogen) atoms. The third kappa shape index (κ3) is 3.03. The molecule has 2 rings (SSSR count). The van der Waals surface area contributed by atoms with Crippen LogP contribution < -0.4 is 4.90 Å². The van der Waals surface area contributed by atoms with E-state index in [2.05, 4.69) is 4.98 Å².